The molecule has 0 radical (unpaired) electrons. The van der Waals surface area contributed by atoms with E-state index in [9.17, 15) is 4.79 Å². The zero-order chi connectivity index (χ0) is 14.9. The number of benzene rings is 1. The standard InChI is InChI=1S/C17H18N2O2S/c20-17(19-9-10-21-14-8-4-7-13(14)19)15-11-18-16(22-15)12-5-2-1-3-6-12/h1-3,5-6,11,13-14H,4,7-10H2/t13-,14-/m1/s1. The lowest BCUT2D eigenvalue weighted by atomic mass is 10.1. The van der Waals surface area contributed by atoms with Crippen LogP contribution in [0, 0.1) is 0 Å². The molecule has 1 aliphatic heterocycles. The maximum Gasteiger partial charge on any atom is 0.266 e. The van der Waals surface area contributed by atoms with Crippen molar-refractivity contribution in [1.29, 1.82) is 0 Å². The Hall–Kier alpha value is -1.72. The molecule has 1 aliphatic carbocycles. The minimum absolute atomic E-state index is 0.111. The van der Waals surface area contributed by atoms with Gasteiger partial charge in [-0.3, -0.25) is 4.79 Å². The molecular formula is C17H18N2O2S. The molecule has 1 amide bonds. The molecule has 2 fully saturated rings. The summed E-state index contributed by atoms with van der Waals surface area (Å²) >= 11 is 1.48. The number of thiazole rings is 1. The first-order chi connectivity index (χ1) is 10.8. The van der Waals surface area contributed by atoms with Gasteiger partial charge in [0.05, 0.1) is 24.9 Å². The Bertz CT molecular complexity index is 670. The molecule has 1 aromatic heterocycles. The maximum atomic E-state index is 12.8. The van der Waals surface area contributed by atoms with Crippen LogP contribution in [0.15, 0.2) is 36.5 Å². The second-order valence-corrected chi connectivity index (χ2v) is 6.83. The van der Waals surface area contributed by atoms with Crippen molar-refractivity contribution in [3.63, 3.8) is 0 Å². The van der Waals surface area contributed by atoms with Gasteiger partial charge in [-0.25, -0.2) is 4.98 Å². The fourth-order valence-electron chi connectivity index (χ4n) is 3.41. The van der Waals surface area contributed by atoms with Gasteiger partial charge in [-0.2, -0.15) is 0 Å². The number of nitrogens with zero attached hydrogens (tertiary/aromatic N) is 2. The van der Waals surface area contributed by atoms with Crippen LogP contribution in [0.2, 0.25) is 0 Å². The lowest BCUT2D eigenvalue weighted by Crippen LogP contribution is -2.51. The number of carbonyl (C=O) groups excluding carboxylic acids is 1. The summed E-state index contributed by atoms with van der Waals surface area (Å²) < 4.78 is 5.79. The topological polar surface area (TPSA) is 42.4 Å². The summed E-state index contributed by atoms with van der Waals surface area (Å²) in [6.07, 6.45) is 5.23. The molecule has 2 atom stereocenters. The SMILES string of the molecule is O=C(c1cnc(-c2ccccc2)s1)N1CCO[C@@H]2CCC[C@H]21. The number of hydrogen-bond acceptors (Lipinski definition) is 4. The van der Waals surface area contributed by atoms with Crippen LogP contribution in [-0.2, 0) is 4.74 Å². The molecule has 2 aromatic rings. The summed E-state index contributed by atoms with van der Waals surface area (Å²) in [7, 11) is 0. The second kappa shape index (κ2) is 5.82. The summed E-state index contributed by atoms with van der Waals surface area (Å²) in [6, 6.07) is 10.3. The molecular weight excluding hydrogens is 296 g/mol. The lowest BCUT2D eigenvalue weighted by Gasteiger charge is -2.37. The summed E-state index contributed by atoms with van der Waals surface area (Å²) in [4.78, 5) is 20.0. The summed E-state index contributed by atoms with van der Waals surface area (Å²) in [6.45, 7) is 1.34. The van der Waals surface area contributed by atoms with Crippen molar-refractivity contribution in [2.75, 3.05) is 13.2 Å². The average molecular weight is 314 g/mol. The molecule has 0 unspecified atom stereocenters. The number of fused-ring (bicyclic) bond motifs is 1. The van der Waals surface area contributed by atoms with Crippen LogP contribution in [-0.4, -0.2) is 41.1 Å². The fraction of sp³-hybridized carbons (Fsp3) is 0.412. The number of aromatic nitrogens is 1. The number of amides is 1. The normalized spacial score (nSPS) is 24.3. The van der Waals surface area contributed by atoms with E-state index in [2.05, 4.69) is 4.98 Å². The molecule has 22 heavy (non-hydrogen) atoms. The van der Waals surface area contributed by atoms with Gasteiger partial charge in [0.15, 0.2) is 0 Å². The van der Waals surface area contributed by atoms with Gasteiger partial charge in [0.25, 0.3) is 5.91 Å². The predicted molar refractivity (Wildman–Crippen MR) is 86.0 cm³/mol. The van der Waals surface area contributed by atoms with E-state index in [1.807, 2.05) is 35.2 Å². The van der Waals surface area contributed by atoms with Gasteiger partial charge in [0, 0.05) is 12.1 Å². The second-order valence-electron chi connectivity index (χ2n) is 5.80. The zero-order valence-electron chi connectivity index (χ0n) is 12.3. The molecule has 5 heteroatoms. The van der Waals surface area contributed by atoms with Gasteiger partial charge in [-0.1, -0.05) is 30.3 Å². The van der Waals surface area contributed by atoms with Crippen molar-refractivity contribution < 1.29 is 9.53 Å². The zero-order valence-corrected chi connectivity index (χ0v) is 13.1. The van der Waals surface area contributed by atoms with Crippen molar-refractivity contribution in [3.8, 4) is 10.6 Å². The molecule has 0 bridgehead atoms. The van der Waals surface area contributed by atoms with Crippen LogP contribution >= 0.6 is 11.3 Å². The minimum Gasteiger partial charge on any atom is -0.374 e. The molecule has 1 saturated carbocycles. The van der Waals surface area contributed by atoms with E-state index in [1.54, 1.807) is 6.20 Å². The van der Waals surface area contributed by atoms with Crippen molar-refractivity contribution in [2.45, 2.75) is 31.4 Å². The largest absolute Gasteiger partial charge is 0.374 e. The quantitative estimate of drug-likeness (QED) is 0.855. The lowest BCUT2D eigenvalue weighted by molar-refractivity contribution is -0.0443. The molecule has 1 saturated heterocycles. The molecule has 1 aromatic carbocycles. The molecule has 0 spiro atoms. The van der Waals surface area contributed by atoms with Crippen LogP contribution in [0.5, 0.6) is 0 Å². The van der Waals surface area contributed by atoms with E-state index in [-0.39, 0.29) is 18.1 Å². The molecule has 4 rings (SSSR count). The molecule has 2 aliphatic rings. The van der Waals surface area contributed by atoms with Gasteiger partial charge >= 0.3 is 0 Å². The van der Waals surface area contributed by atoms with Gasteiger partial charge in [-0.05, 0) is 19.3 Å². The highest BCUT2D eigenvalue weighted by atomic mass is 32.1. The number of rotatable bonds is 2. The monoisotopic (exact) mass is 314 g/mol. The number of hydrogen-bond donors (Lipinski definition) is 0. The van der Waals surface area contributed by atoms with Crippen LogP contribution in [0.3, 0.4) is 0 Å². The van der Waals surface area contributed by atoms with Crippen molar-refractivity contribution >= 4 is 17.2 Å². The van der Waals surface area contributed by atoms with Gasteiger partial charge < -0.3 is 9.64 Å². The first-order valence-electron chi connectivity index (χ1n) is 7.77. The molecule has 114 valence electrons. The maximum absolute atomic E-state index is 12.8. The van der Waals surface area contributed by atoms with E-state index in [0.29, 0.717) is 13.2 Å². The van der Waals surface area contributed by atoms with Gasteiger partial charge in [0.2, 0.25) is 0 Å². The third-order valence-corrected chi connectivity index (χ3v) is 5.51. The first kappa shape index (κ1) is 13.9. The number of carbonyl (C=O) groups is 1. The smallest absolute Gasteiger partial charge is 0.266 e. The van der Waals surface area contributed by atoms with E-state index < -0.39 is 0 Å². The van der Waals surface area contributed by atoms with Gasteiger partial charge in [0.1, 0.15) is 9.88 Å². The third-order valence-electron chi connectivity index (χ3n) is 4.48. The van der Waals surface area contributed by atoms with Crippen LogP contribution in [0.1, 0.15) is 28.9 Å². The third kappa shape index (κ3) is 2.44. The van der Waals surface area contributed by atoms with Crippen molar-refractivity contribution in [1.82, 2.24) is 9.88 Å². The van der Waals surface area contributed by atoms with E-state index in [0.717, 1.165) is 34.7 Å². The number of ether oxygens (including phenoxy) is 1. The van der Waals surface area contributed by atoms with Gasteiger partial charge in [-0.15, -0.1) is 11.3 Å². The highest BCUT2D eigenvalue weighted by Gasteiger charge is 2.39. The van der Waals surface area contributed by atoms with Crippen molar-refractivity contribution in [3.05, 3.63) is 41.4 Å². The highest BCUT2D eigenvalue weighted by molar-refractivity contribution is 7.16. The van der Waals surface area contributed by atoms with Crippen LogP contribution < -0.4 is 0 Å². The summed E-state index contributed by atoms with van der Waals surface area (Å²) in [5.41, 5.74) is 1.06. The molecule has 0 N–H and O–H groups in total. The Morgan fingerprint density at radius 2 is 2.14 bits per heavy atom. The average Bonchev–Trinajstić information content (AvgIpc) is 3.24. The van der Waals surface area contributed by atoms with E-state index in [4.69, 9.17) is 4.74 Å². The van der Waals surface area contributed by atoms with Crippen molar-refractivity contribution in [2.24, 2.45) is 0 Å². The number of morpholine rings is 1. The first-order valence-corrected chi connectivity index (χ1v) is 8.58. The highest BCUT2D eigenvalue weighted by Crippen LogP contribution is 2.32. The Morgan fingerprint density at radius 3 is 3.00 bits per heavy atom. The summed E-state index contributed by atoms with van der Waals surface area (Å²) in [5, 5.41) is 0.903. The minimum atomic E-state index is 0.111. The van der Waals surface area contributed by atoms with E-state index >= 15 is 0 Å². The fourth-order valence-corrected chi connectivity index (χ4v) is 4.28. The Kier molecular flexibility index (Phi) is 3.68. The Balaban J connectivity index is 1.57. The van der Waals surface area contributed by atoms with Crippen LogP contribution in [0.4, 0.5) is 0 Å². The molecule has 2 heterocycles. The predicted octanol–water partition coefficient (Wildman–Crippen LogP) is 3.20. The molecule has 4 nitrogen and oxygen atoms in total. The summed E-state index contributed by atoms with van der Waals surface area (Å²) in [5.74, 6) is 0.111. The van der Waals surface area contributed by atoms with Crippen LogP contribution in [0.25, 0.3) is 10.6 Å². The van der Waals surface area contributed by atoms with E-state index in [1.165, 1.54) is 11.3 Å². The Morgan fingerprint density at radius 1 is 1.27 bits per heavy atom. The Labute approximate surface area is 133 Å².